The summed E-state index contributed by atoms with van der Waals surface area (Å²) in [7, 11) is 6.19. The third-order valence-corrected chi connectivity index (χ3v) is 18.0. The van der Waals surface area contributed by atoms with Gasteiger partial charge in [-0.3, -0.25) is 43.9 Å². The lowest BCUT2D eigenvalue weighted by molar-refractivity contribution is -0.104. The van der Waals surface area contributed by atoms with Crippen LogP contribution in [0.25, 0.3) is 52.2 Å². The SMILES string of the molecule is C.C.C/C(=C\C#N)CP(C)(C)=O.CCO.CCO.COc1ccc(/C(=C\C#N)CP=O)cc1.COc1ccc(C(=C\C#N)/C=C/c2cccnc2)cc1.COc1ccc(C(=C\C=C\C(C)=C\C#N)/C=C/c2cccnc2)cc1.COc1ccc(C(=C\C=C\C(C)=C\C=O)/C=C/c2cccnc2)cc1.COc1ccc(C(=C\C=O)/C=C/c2cccnc2)cc1.O=Cc1cccnc1. The molecule has 5 aromatic heterocycles. The Morgan fingerprint density at radius 3 is 0.924 bits per heavy atom. The number of nitrogens with zero attached hydrogens (tertiary/aromatic N) is 9. The van der Waals surface area contributed by atoms with E-state index < -0.39 is 7.14 Å². The number of aromatic nitrogens is 5. The Labute approximate surface area is 775 Å². The molecule has 5 aromatic carbocycles. The zero-order chi connectivity index (χ0) is 94.8. The van der Waals surface area contributed by atoms with Gasteiger partial charge in [0.1, 0.15) is 41.3 Å². The Morgan fingerprint density at radius 1 is 0.382 bits per heavy atom. The predicted molar refractivity (Wildman–Crippen MR) is 537 cm³/mol. The van der Waals surface area contributed by atoms with Crippen molar-refractivity contribution >= 4 is 86.6 Å². The molecule has 0 aliphatic carbocycles. The first-order chi connectivity index (χ1) is 62.6. The van der Waals surface area contributed by atoms with Crippen LogP contribution in [-0.2, 0) is 18.7 Å². The highest BCUT2D eigenvalue weighted by atomic mass is 31.2. The van der Waals surface area contributed by atoms with Crippen molar-refractivity contribution in [1.29, 1.82) is 21.0 Å². The predicted octanol–water partition coefficient (Wildman–Crippen LogP) is 24.3. The monoisotopic (exact) mass is 1790 g/mol. The van der Waals surface area contributed by atoms with Gasteiger partial charge in [0.2, 0.25) is 0 Å². The second-order valence-electron chi connectivity index (χ2n) is 26.6. The quantitative estimate of drug-likeness (QED) is 0.0145. The summed E-state index contributed by atoms with van der Waals surface area (Å²) in [6.07, 6.45) is 57.0. The van der Waals surface area contributed by atoms with Gasteiger partial charge < -0.3 is 38.5 Å². The van der Waals surface area contributed by atoms with E-state index in [1.54, 1.807) is 118 Å². The summed E-state index contributed by atoms with van der Waals surface area (Å²) in [4.78, 5) is 51.3. The summed E-state index contributed by atoms with van der Waals surface area (Å²) < 4.78 is 47.4. The average Bonchev–Trinajstić information content (AvgIpc) is 0.880. The summed E-state index contributed by atoms with van der Waals surface area (Å²) in [5, 5.41) is 49.5. The summed E-state index contributed by atoms with van der Waals surface area (Å²) in [5.41, 5.74) is 16.9. The first-order valence-corrected chi connectivity index (χ1v) is 43.7. The summed E-state index contributed by atoms with van der Waals surface area (Å²) in [6, 6.07) is 65.1. The van der Waals surface area contributed by atoms with Crippen molar-refractivity contribution in [3.63, 3.8) is 0 Å². The second kappa shape index (κ2) is 73.6. The van der Waals surface area contributed by atoms with Crippen LogP contribution >= 0.6 is 15.6 Å². The van der Waals surface area contributed by atoms with Crippen molar-refractivity contribution in [1.82, 2.24) is 24.9 Å². The fourth-order valence-electron chi connectivity index (χ4n) is 10.2. The number of aliphatic hydroxyl groups is 2. The lowest BCUT2D eigenvalue weighted by atomic mass is 10.0. The number of carbonyl (C=O) groups is 3. The Bertz CT molecular complexity index is 5620. The van der Waals surface area contributed by atoms with E-state index in [-0.39, 0.29) is 36.5 Å². The van der Waals surface area contributed by atoms with Gasteiger partial charge in [0.15, 0.2) is 14.7 Å². The standard InChI is InChI=1S/C22H20N2O.C22H21NO2.C17H14N2O.C17H15NO2.C11H10NO2P.C7H12NOP.C6H5NO.2C2H6O.2CH4/c1-18(14-15-23)5-3-7-20(9-8-19-6-4-16-24-17-19)21-10-12-22(25-2)13-11-21;1-18(14-16-24)5-3-7-20(9-8-19-6-4-15-23-17-19)21-10-12-22(25-2)13-11-21;1-20-17-8-6-15(7-9-17)16(10-11-18)5-4-14-3-2-12-19-13-14;1-20-17-8-6-15(7-9-17)16(10-12-19)5-4-14-3-2-11-18-13-14;1-14-11-4-2-9(3-5-11)10(6-7-12)8-15-13;1-7(4-5-8)6-10(2,3)9;8-5-6-2-1-3-7-4-6;2*1-2-3;;/h3-14,16-17H,1-2H3;3-17H,1-2H3;2-10,12-13H,1H3;2-13H,1H3;2-6H,8H2,1H3;4H,6H2,1-3H3;1-5H;2*3H,2H2,1H3;2*1H4/b2*5-3+,9-8+,18-14+,20-7-;2*5-4+,16-10-;10-6-;7-4+;;;;;. The number of ether oxygens (including phenoxy) is 5. The smallest absolute Gasteiger partial charge is 0.160 e. The first-order valence-electron chi connectivity index (χ1n) is 39.9. The Kier molecular flexibility index (Phi) is 64.9. The minimum absolute atomic E-state index is 0. The van der Waals surface area contributed by atoms with Gasteiger partial charge in [-0.2, -0.15) is 21.0 Å². The Hall–Kier alpha value is -15.6. The topological polar surface area (TPSA) is 332 Å². The number of nitriles is 4. The first kappa shape index (κ1) is 115. The summed E-state index contributed by atoms with van der Waals surface area (Å²) in [5.74, 6) is 3.98. The normalized spacial score (nSPS) is 11.3. The highest BCUT2D eigenvalue weighted by molar-refractivity contribution is 7.62. The van der Waals surface area contributed by atoms with Crippen molar-refractivity contribution in [3.05, 3.63) is 414 Å². The van der Waals surface area contributed by atoms with Crippen LogP contribution in [0.2, 0.25) is 0 Å². The van der Waals surface area contributed by atoms with Crippen molar-refractivity contribution in [2.45, 2.75) is 49.5 Å². The molecule has 0 atom stereocenters. The molecule has 5 heterocycles. The van der Waals surface area contributed by atoms with Crippen LogP contribution in [0.1, 0.15) is 110 Å². The van der Waals surface area contributed by atoms with Gasteiger partial charge in [0, 0.05) is 111 Å². The number of hydrogen-bond acceptors (Lipinski definition) is 21. The van der Waals surface area contributed by atoms with Crippen LogP contribution < -0.4 is 23.7 Å². The molecule has 0 saturated heterocycles. The van der Waals surface area contributed by atoms with E-state index in [9.17, 15) is 23.5 Å². The lowest BCUT2D eigenvalue weighted by Crippen LogP contribution is -1.87. The maximum Gasteiger partial charge on any atom is 0.160 e. The van der Waals surface area contributed by atoms with Gasteiger partial charge in [-0.15, -0.1) is 0 Å². The number of aldehydes is 3. The molecule has 10 aromatic rings. The summed E-state index contributed by atoms with van der Waals surface area (Å²) in [6.45, 7) is 12.9. The zero-order valence-electron chi connectivity index (χ0n) is 74.6. The molecule has 0 bridgehead atoms. The minimum atomic E-state index is -1.97. The molecule has 23 heteroatoms. The van der Waals surface area contributed by atoms with Gasteiger partial charge in [-0.05, 0) is 246 Å². The van der Waals surface area contributed by atoms with Crippen molar-refractivity contribution < 1.29 is 57.4 Å². The van der Waals surface area contributed by atoms with Gasteiger partial charge in [0.05, 0.1) is 73.1 Å². The fraction of sp³-hybridized carbons (Fsp3) is 0.167. The maximum absolute atomic E-state index is 11.1. The molecular formula is C108H117N9O12P2. The molecule has 0 spiro atoms. The van der Waals surface area contributed by atoms with Crippen LogP contribution in [0.15, 0.2) is 358 Å². The molecule has 0 saturated carbocycles. The van der Waals surface area contributed by atoms with E-state index in [4.69, 9.17) is 54.9 Å². The van der Waals surface area contributed by atoms with Crippen molar-refractivity contribution in [2.24, 2.45) is 0 Å². The second-order valence-corrected chi connectivity index (χ2v) is 30.6. The van der Waals surface area contributed by atoms with Crippen LogP contribution in [0.4, 0.5) is 0 Å². The molecule has 0 unspecified atom stereocenters. The zero-order valence-corrected chi connectivity index (χ0v) is 76.4. The number of methoxy groups -OCH3 is 5. The van der Waals surface area contributed by atoms with Crippen molar-refractivity contribution in [2.75, 3.05) is 74.4 Å². The van der Waals surface area contributed by atoms with E-state index in [0.29, 0.717) is 17.9 Å². The molecule has 0 fully saturated rings. The van der Waals surface area contributed by atoms with Crippen LogP contribution in [0.5, 0.6) is 28.7 Å². The van der Waals surface area contributed by atoms with Crippen molar-refractivity contribution in [3.8, 4) is 53.0 Å². The third kappa shape index (κ3) is 53.5. The molecule has 0 aliphatic rings. The molecule has 10 rings (SSSR count). The number of hydrogen-bond donors (Lipinski definition) is 2. The molecule has 0 radical (unpaired) electrons. The third-order valence-electron chi connectivity index (χ3n) is 16.3. The van der Waals surface area contributed by atoms with Crippen LogP contribution in [0, 0.1) is 45.3 Å². The lowest BCUT2D eigenvalue weighted by Gasteiger charge is -2.04. The fourth-order valence-corrected chi connectivity index (χ4v) is 11.9. The van der Waals surface area contributed by atoms with E-state index in [1.807, 2.05) is 306 Å². The van der Waals surface area contributed by atoms with E-state index >= 15 is 0 Å². The Balaban J connectivity index is 0.00000152. The maximum atomic E-state index is 11.1. The Morgan fingerprint density at radius 2 is 0.664 bits per heavy atom. The van der Waals surface area contributed by atoms with Gasteiger partial charge >= 0.3 is 0 Å². The molecule has 0 amide bonds. The highest BCUT2D eigenvalue weighted by Gasteiger charge is 2.08. The molecule has 0 aliphatic heterocycles. The number of pyridine rings is 5. The highest BCUT2D eigenvalue weighted by Crippen LogP contribution is 2.38. The molecule has 2 N–H and O–H groups in total. The van der Waals surface area contributed by atoms with Crippen LogP contribution in [-0.4, -0.2) is 128 Å². The number of rotatable bonds is 29. The van der Waals surface area contributed by atoms with Gasteiger partial charge in [-0.1, -0.05) is 190 Å². The van der Waals surface area contributed by atoms with E-state index in [2.05, 4.69) is 31.0 Å². The number of aliphatic hydroxyl groups excluding tert-OH is 2. The average molecular weight is 1800 g/mol. The molecular weight excluding hydrogens is 1680 g/mol. The molecule has 131 heavy (non-hydrogen) atoms. The number of carbonyl (C=O) groups excluding carboxylic acids is 3. The molecule has 21 nitrogen and oxygen atoms in total. The number of allylic oxidation sites excluding steroid dienone is 24. The minimum Gasteiger partial charge on any atom is -0.497 e. The van der Waals surface area contributed by atoms with Gasteiger partial charge in [0.25, 0.3) is 0 Å². The molecule has 676 valence electrons. The summed E-state index contributed by atoms with van der Waals surface area (Å²) >= 11 is 0. The van der Waals surface area contributed by atoms with Gasteiger partial charge in [-0.25, -0.2) is 0 Å². The van der Waals surface area contributed by atoms with E-state index in [1.165, 1.54) is 42.7 Å². The van der Waals surface area contributed by atoms with Crippen LogP contribution in [0.3, 0.4) is 0 Å². The number of benzene rings is 5. The van der Waals surface area contributed by atoms with E-state index in [0.717, 1.165) is 142 Å². The largest absolute Gasteiger partial charge is 0.497 e.